The van der Waals surface area contributed by atoms with E-state index in [1.807, 2.05) is 19.9 Å². The first kappa shape index (κ1) is 22.2. The molecule has 0 unspecified atom stereocenters. The molecule has 3 rings (SSSR count). The largest absolute Gasteiger partial charge is 0.507 e. The molecule has 0 amide bonds. The first-order chi connectivity index (χ1) is 14.4. The normalized spacial score (nSPS) is 16.5. The van der Waals surface area contributed by atoms with Crippen LogP contribution in [0.5, 0.6) is 11.5 Å². The average Bonchev–Trinajstić information content (AvgIpc) is 3.38. The van der Waals surface area contributed by atoms with E-state index in [9.17, 15) is 14.7 Å². The lowest BCUT2D eigenvalue weighted by Crippen LogP contribution is -2.25. The predicted octanol–water partition coefficient (Wildman–Crippen LogP) is 3.29. The monoisotopic (exact) mass is 417 g/mol. The van der Waals surface area contributed by atoms with Crippen molar-refractivity contribution in [3.8, 4) is 11.5 Å². The van der Waals surface area contributed by atoms with Crippen LogP contribution in [0.15, 0.2) is 11.6 Å². The molecule has 1 aromatic carbocycles. The van der Waals surface area contributed by atoms with E-state index in [0.29, 0.717) is 42.7 Å². The van der Waals surface area contributed by atoms with Crippen LogP contribution >= 0.6 is 0 Å². The van der Waals surface area contributed by atoms with Crippen molar-refractivity contribution < 1.29 is 28.9 Å². The van der Waals surface area contributed by atoms with Crippen LogP contribution in [0, 0.1) is 6.92 Å². The van der Waals surface area contributed by atoms with Crippen molar-refractivity contribution in [3.05, 3.63) is 33.9 Å². The Bertz CT molecular complexity index is 839. The summed E-state index contributed by atoms with van der Waals surface area (Å²) in [6.07, 6.45) is 5.69. The summed E-state index contributed by atoms with van der Waals surface area (Å²) in [6, 6.07) is 0. The van der Waals surface area contributed by atoms with E-state index < -0.39 is 5.97 Å². The molecule has 0 bridgehead atoms. The van der Waals surface area contributed by atoms with Crippen LogP contribution < -0.4 is 4.74 Å². The molecule has 0 aromatic heterocycles. The number of carbonyl (C=O) groups excluding carboxylic acids is 2. The van der Waals surface area contributed by atoms with Gasteiger partial charge in [0, 0.05) is 24.1 Å². The van der Waals surface area contributed by atoms with Crippen LogP contribution in [0.2, 0.25) is 0 Å². The van der Waals surface area contributed by atoms with E-state index in [0.717, 1.165) is 30.8 Å². The van der Waals surface area contributed by atoms with Gasteiger partial charge in [-0.2, -0.15) is 0 Å². The number of phenols is 1. The van der Waals surface area contributed by atoms with Gasteiger partial charge in [0.1, 0.15) is 30.3 Å². The van der Waals surface area contributed by atoms with Gasteiger partial charge in [-0.05, 0) is 58.2 Å². The van der Waals surface area contributed by atoms with Crippen LogP contribution in [0.4, 0.5) is 0 Å². The van der Waals surface area contributed by atoms with Crippen LogP contribution in [-0.2, 0) is 27.3 Å². The Labute approximate surface area is 177 Å². The third-order valence-corrected chi connectivity index (χ3v) is 5.89. The van der Waals surface area contributed by atoms with Crippen molar-refractivity contribution in [3.63, 3.8) is 0 Å². The maximum absolute atomic E-state index is 12.0. The molecule has 0 saturated carbocycles. The molecule has 164 valence electrons. The molecule has 2 heterocycles. The quantitative estimate of drug-likeness (QED) is 0.487. The van der Waals surface area contributed by atoms with Gasteiger partial charge in [0.2, 0.25) is 0 Å². The summed E-state index contributed by atoms with van der Waals surface area (Å²) in [6.45, 7) is 7.38. The summed E-state index contributed by atoms with van der Waals surface area (Å²) in [5, 5.41) is 10.6. The highest BCUT2D eigenvalue weighted by Crippen LogP contribution is 2.42. The van der Waals surface area contributed by atoms with Crippen molar-refractivity contribution >= 4 is 11.9 Å². The predicted molar refractivity (Wildman–Crippen MR) is 112 cm³/mol. The molecule has 2 aliphatic heterocycles. The molecule has 0 atom stereocenters. The van der Waals surface area contributed by atoms with Gasteiger partial charge in [-0.25, -0.2) is 4.79 Å². The molecule has 1 saturated heterocycles. The number of fused-ring (bicyclic) bond motifs is 1. The number of methoxy groups -OCH3 is 1. The number of cyclic esters (lactones) is 1. The van der Waals surface area contributed by atoms with Crippen LogP contribution in [0.1, 0.15) is 59.7 Å². The fourth-order valence-electron chi connectivity index (χ4n) is 4.07. The number of rotatable bonds is 9. The third kappa shape index (κ3) is 4.95. The second-order valence-electron chi connectivity index (χ2n) is 7.94. The fourth-order valence-corrected chi connectivity index (χ4v) is 4.07. The number of likely N-dealkylation sites (tertiary alicyclic amines) is 1. The number of nitrogens with zero attached hydrogens (tertiary/aromatic N) is 1. The fraction of sp³-hybridized carbons (Fsp3) is 0.565. The molecule has 7 nitrogen and oxygen atoms in total. The minimum absolute atomic E-state index is 0.0830. The lowest BCUT2D eigenvalue weighted by molar-refractivity contribution is -0.143. The number of ether oxygens (including phenoxy) is 3. The van der Waals surface area contributed by atoms with E-state index in [2.05, 4.69) is 4.90 Å². The Balaban J connectivity index is 1.56. The number of phenolic OH excluding ortho intramolecular Hbond substituents is 1. The van der Waals surface area contributed by atoms with Crippen molar-refractivity contribution in [2.75, 3.05) is 33.4 Å². The number of benzene rings is 1. The highest BCUT2D eigenvalue weighted by molar-refractivity contribution is 5.98. The molecular formula is C23H31NO6. The van der Waals surface area contributed by atoms with Crippen molar-refractivity contribution in [1.82, 2.24) is 4.90 Å². The summed E-state index contributed by atoms with van der Waals surface area (Å²) in [5.74, 6) is -0.222. The Kier molecular flexibility index (Phi) is 7.37. The summed E-state index contributed by atoms with van der Waals surface area (Å²) >= 11 is 0. The SMILES string of the molecule is COc1c(C)c2c(c(O)c1CC=C(C)CCC(=O)OCCN1CCCC1)C(=O)OC2. The molecule has 0 aliphatic carbocycles. The van der Waals surface area contributed by atoms with E-state index >= 15 is 0 Å². The molecular weight excluding hydrogens is 386 g/mol. The zero-order chi connectivity index (χ0) is 21.7. The van der Waals surface area contributed by atoms with Crippen LogP contribution in [0.25, 0.3) is 0 Å². The van der Waals surface area contributed by atoms with Gasteiger partial charge in [-0.1, -0.05) is 11.6 Å². The third-order valence-electron chi connectivity index (χ3n) is 5.89. The smallest absolute Gasteiger partial charge is 0.342 e. The maximum Gasteiger partial charge on any atom is 0.342 e. The number of hydrogen-bond donors (Lipinski definition) is 1. The Morgan fingerprint density at radius 1 is 1.27 bits per heavy atom. The van der Waals surface area contributed by atoms with Gasteiger partial charge in [0.05, 0.1) is 7.11 Å². The Morgan fingerprint density at radius 2 is 2.00 bits per heavy atom. The van der Waals surface area contributed by atoms with Crippen molar-refractivity contribution in [1.29, 1.82) is 0 Å². The minimum atomic E-state index is -0.508. The van der Waals surface area contributed by atoms with Crippen molar-refractivity contribution in [2.45, 2.75) is 52.6 Å². The lowest BCUT2D eigenvalue weighted by Gasteiger charge is -2.16. The van der Waals surface area contributed by atoms with Crippen molar-refractivity contribution in [2.24, 2.45) is 0 Å². The van der Waals surface area contributed by atoms with Gasteiger partial charge in [-0.3, -0.25) is 9.69 Å². The molecule has 1 aromatic rings. The molecule has 0 spiro atoms. The number of esters is 2. The van der Waals surface area contributed by atoms with Gasteiger partial charge >= 0.3 is 11.9 Å². The number of aromatic hydroxyl groups is 1. The summed E-state index contributed by atoms with van der Waals surface area (Å²) in [5.41, 5.74) is 3.28. The highest BCUT2D eigenvalue weighted by atomic mass is 16.5. The molecule has 30 heavy (non-hydrogen) atoms. The zero-order valence-electron chi connectivity index (χ0n) is 18.1. The van der Waals surface area contributed by atoms with E-state index in [1.165, 1.54) is 12.8 Å². The molecule has 2 aliphatic rings. The average molecular weight is 418 g/mol. The summed E-state index contributed by atoms with van der Waals surface area (Å²) in [7, 11) is 1.55. The molecule has 1 fully saturated rings. The molecule has 1 N–H and O–H groups in total. The van der Waals surface area contributed by atoms with Gasteiger partial charge in [0.15, 0.2) is 0 Å². The second-order valence-corrected chi connectivity index (χ2v) is 7.94. The summed E-state index contributed by atoms with van der Waals surface area (Å²) in [4.78, 5) is 26.3. The maximum atomic E-state index is 12.0. The minimum Gasteiger partial charge on any atom is -0.507 e. The zero-order valence-corrected chi connectivity index (χ0v) is 18.1. The molecule has 7 heteroatoms. The van der Waals surface area contributed by atoms with Gasteiger partial charge in [-0.15, -0.1) is 0 Å². The number of carbonyl (C=O) groups is 2. The number of hydrogen-bond acceptors (Lipinski definition) is 7. The Hall–Kier alpha value is -2.54. The Morgan fingerprint density at radius 3 is 2.70 bits per heavy atom. The standard InChI is InChI=1S/C23H31NO6/c1-15(7-9-19(25)29-13-12-24-10-4-5-11-24)6-8-17-21(26)20-18(14-30-23(20)27)16(2)22(17)28-3/h6,26H,4-5,7-14H2,1-3H3. The lowest BCUT2D eigenvalue weighted by atomic mass is 9.94. The summed E-state index contributed by atoms with van der Waals surface area (Å²) < 4.78 is 15.9. The van der Waals surface area contributed by atoms with E-state index in [-0.39, 0.29) is 23.9 Å². The highest BCUT2D eigenvalue weighted by Gasteiger charge is 2.31. The molecule has 0 radical (unpaired) electrons. The van der Waals surface area contributed by atoms with Gasteiger partial charge in [0.25, 0.3) is 0 Å². The van der Waals surface area contributed by atoms with E-state index in [4.69, 9.17) is 14.2 Å². The first-order valence-corrected chi connectivity index (χ1v) is 10.5. The first-order valence-electron chi connectivity index (χ1n) is 10.5. The second kappa shape index (κ2) is 9.98. The topological polar surface area (TPSA) is 85.3 Å². The van der Waals surface area contributed by atoms with Crippen LogP contribution in [-0.4, -0.2) is 55.3 Å². The van der Waals surface area contributed by atoms with E-state index in [1.54, 1.807) is 7.11 Å². The van der Waals surface area contributed by atoms with Crippen LogP contribution in [0.3, 0.4) is 0 Å². The van der Waals surface area contributed by atoms with Gasteiger partial charge < -0.3 is 19.3 Å². The number of allylic oxidation sites excluding steroid dienone is 2.